The molecule has 1 saturated heterocycles. The van der Waals surface area contributed by atoms with E-state index in [1.807, 2.05) is 23.1 Å². The zero-order valence-corrected chi connectivity index (χ0v) is 12.7. The molecule has 1 aromatic rings. The minimum absolute atomic E-state index is 0.0678. The second-order valence-electron chi connectivity index (χ2n) is 5.78. The van der Waals surface area contributed by atoms with E-state index >= 15 is 0 Å². The third kappa shape index (κ3) is 3.81. The molecule has 4 nitrogen and oxygen atoms in total. The predicted molar refractivity (Wildman–Crippen MR) is 81.4 cm³/mol. The number of nitrogens with zero attached hydrogens (tertiary/aromatic N) is 2. The highest BCUT2D eigenvalue weighted by Crippen LogP contribution is 2.10. The molecular weight excluding hydrogens is 250 g/mol. The van der Waals surface area contributed by atoms with Crippen molar-refractivity contribution in [1.82, 2.24) is 15.1 Å². The number of carbonyl (C=O) groups is 1. The Bertz CT molecular complexity index is 433. The van der Waals surface area contributed by atoms with Gasteiger partial charge in [0.15, 0.2) is 0 Å². The molecule has 1 amide bonds. The van der Waals surface area contributed by atoms with Gasteiger partial charge in [0, 0.05) is 19.1 Å². The number of carbonyl (C=O) groups excluding carboxylic acids is 1. The van der Waals surface area contributed by atoms with Gasteiger partial charge < -0.3 is 9.80 Å². The molecule has 1 atom stereocenters. The molecule has 0 radical (unpaired) electrons. The lowest BCUT2D eigenvalue weighted by atomic mass is 10.1. The van der Waals surface area contributed by atoms with Crippen molar-refractivity contribution in [3.8, 4) is 0 Å². The third-order valence-electron chi connectivity index (χ3n) is 4.03. The molecule has 2 rings (SSSR count). The number of nitrogens with one attached hydrogen (secondary N) is 1. The second-order valence-corrected chi connectivity index (χ2v) is 5.78. The van der Waals surface area contributed by atoms with Gasteiger partial charge >= 0.3 is 0 Å². The first-order valence-corrected chi connectivity index (χ1v) is 7.34. The number of benzene rings is 1. The van der Waals surface area contributed by atoms with Crippen molar-refractivity contribution >= 4 is 5.91 Å². The number of hydrogen-bond acceptors (Lipinski definition) is 3. The topological polar surface area (TPSA) is 35.6 Å². The van der Waals surface area contributed by atoms with Crippen molar-refractivity contribution in [3.63, 3.8) is 0 Å². The Balaban J connectivity index is 1.83. The van der Waals surface area contributed by atoms with Gasteiger partial charge in [-0.25, -0.2) is 0 Å². The number of hydrogen-bond donors (Lipinski definition) is 1. The van der Waals surface area contributed by atoms with Gasteiger partial charge in [-0.05, 0) is 32.9 Å². The van der Waals surface area contributed by atoms with E-state index in [0.717, 1.165) is 19.5 Å². The lowest BCUT2D eigenvalue weighted by molar-refractivity contribution is -0.129. The summed E-state index contributed by atoms with van der Waals surface area (Å²) in [5.41, 5.74) is 1.21. The van der Waals surface area contributed by atoms with Crippen molar-refractivity contribution in [2.24, 2.45) is 0 Å². The molecule has 0 aromatic heterocycles. The van der Waals surface area contributed by atoms with Crippen LogP contribution in [-0.2, 0) is 11.2 Å². The van der Waals surface area contributed by atoms with Crippen LogP contribution in [0.5, 0.6) is 0 Å². The summed E-state index contributed by atoms with van der Waals surface area (Å²) in [6.07, 6.45) is 0.774. The average molecular weight is 275 g/mol. The molecule has 1 aliphatic rings. The van der Waals surface area contributed by atoms with Gasteiger partial charge in [0.25, 0.3) is 0 Å². The van der Waals surface area contributed by atoms with Gasteiger partial charge in [0.1, 0.15) is 0 Å². The molecule has 1 N–H and O–H groups in total. The van der Waals surface area contributed by atoms with E-state index in [1.54, 1.807) is 0 Å². The molecule has 0 bridgehead atoms. The molecule has 1 aliphatic heterocycles. The standard InChI is InChI=1S/C16H25N3O/c1-13(2)18(3)9-10-19-12-17-15(16(19)20)11-14-7-5-4-6-8-14/h4-8,13,15,17H,9-12H2,1-3H3. The first-order valence-electron chi connectivity index (χ1n) is 7.34. The van der Waals surface area contributed by atoms with Crippen molar-refractivity contribution in [2.75, 3.05) is 26.8 Å². The van der Waals surface area contributed by atoms with Crippen molar-refractivity contribution in [2.45, 2.75) is 32.4 Å². The monoisotopic (exact) mass is 275 g/mol. The summed E-state index contributed by atoms with van der Waals surface area (Å²) in [4.78, 5) is 16.5. The van der Waals surface area contributed by atoms with Crippen LogP contribution in [0.3, 0.4) is 0 Å². The van der Waals surface area contributed by atoms with Gasteiger partial charge in [-0.2, -0.15) is 0 Å². The predicted octanol–water partition coefficient (Wildman–Crippen LogP) is 1.33. The van der Waals surface area contributed by atoms with E-state index in [9.17, 15) is 4.79 Å². The summed E-state index contributed by atoms with van der Waals surface area (Å²) in [5.74, 6) is 0.228. The molecule has 1 fully saturated rings. The van der Waals surface area contributed by atoms with Crippen LogP contribution in [0.4, 0.5) is 0 Å². The van der Waals surface area contributed by atoms with Gasteiger partial charge in [0.2, 0.25) is 5.91 Å². The molecule has 1 heterocycles. The molecule has 4 heteroatoms. The Kier molecular flexibility index (Phi) is 5.15. The van der Waals surface area contributed by atoms with Gasteiger partial charge in [-0.1, -0.05) is 30.3 Å². The zero-order valence-electron chi connectivity index (χ0n) is 12.7. The van der Waals surface area contributed by atoms with Crippen LogP contribution >= 0.6 is 0 Å². The molecule has 20 heavy (non-hydrogen) atoms. The maximum Gasteiger partial charge on any atom is 0.241 e. The summed E-state index contributed by atoms with van der Waals surface area (Å²) in [5, 5.41) is 3.32. The van der Waals surface area contributed by atoms with Gasteiger partial charge in [-0.3, -0.25) is 10.1 Å². The third-order valence-corrected chi connectivity index (χ3v) is 4.03. The van der Waals surface area contributed by atoms with Crippen LogP contribution < -0.4 is 5.32 Å². The second kappa shape index (κ2) is 6.86. The van der Waals surface area contributed by atoms with E-state index in [-0.39, 0.29) is 11.9 Å². The summed E-state index contributed by atoms with van der Waals surface area (Å²) in [6.45, 7) is 6.72. The fraction of sp³-hybridized carbons (Fsp3) is 0.562. The highest BCUT2D eigenvalue weighted by molar-refractivity contribution is 5.84. The van der Waals surface area contributed by atoms with Gasteiger partial charge in [-0.15, -0.1) is 0 Å². The molecule has 110 valence electrons. The van der Waals surface area contributed by atoms with Crippen LogP contribution in [-0.4, -0.2) is 54.6 Å². The largest absolute Gasteiger partial charge is 0.327 e. The van der Waals surface area contributed by atoms with E-state index in [4.69, 9.17) is 0 Å². The summed E-state index contributed by atoms with van der Waals surface area (Å²) < 4.78 is 0. The van der Waals surface area contributed by atoms with E-state index < -0.39 is 0 Å². The normalized spacial score (nSPS) is 19.4. The van der Waals surface area contributed by atoms with E-state index in [1.165, 1.54) is 5.56 Å². The van der Waals surface area contributed by atoms with Crippen LogP contribution in [0.2, 0.25) is 0 Å². The summed E-state index contributed by atoms with van der Waals surface area (Å²) in [7, 11) is 2.10. The molecule has 0 spiro atoms. The van der Waals surface area contributed by atoms with Crippen molar-refractivity contribution < 1.29 is 4.79 Å². The minimum atomic E-state index is -0.0678. The van der Waals surface area contributed by atoms with E-state index in [0.29, 0.717) is 12.7 Å². The maximum atomic E-state index is 12.3. The Labute approximate surface area is 121 Å². The van der Waals surface area contributed by atoms with Gasteiger partial charge in [0.05, 0.1) is 12.7 Å². The SMILES string of the molecule is CC(C)N(C)CCN1CNC(Cc2ccccc2)C1=O. The minimum Gasteiger partial charge on any atom is -0.327 e. The van der Waals surface area contributed by atoms with Crippen LogP contribution in [0.1, 0.15) is 19.4 Å². The molecular formula is C16H25N3O. The quantitative estimate of drug-likeness (QED) is 0.851. The smallest absolute Gasteiger partial charge is 0.241 e. The fourth-order valence-corrected chi connectivity index (χ4v) is 2.34. The highest BCUT2D eigenvalue weighted by atomic mass is 16.2. The van der Waals surface area contributed by atoms with E-state index in [2.05, 4.69) is 43.2 Å². The van der Waals surface area contributed by atoms with Crippen molar-refractivity contribution in [3.05, 3.63) is 35.9 Å². The highest BCUT2D eigenvalue weighted by Gasteiger charge is 2.30. The lowest BCUT2D eigenvalue weighted by Gasteiger charge is -2.24. The van der Waals surface area contributed by atoms with Crippen molar-refractivity contribution in [1.29, 1.82) is 0 Å². The Morgan fingerprint density at radius 1 is 1.35 bits per heavy atom. The molecule has 0 aliphatic carbocycles. The number of amides is 1. The van der Waals surface area contributed by atoms with Crippen LogP contribution in [0, 0.1) is 0 Å². The summed E-state index contributed by atoms with van der Waals surface area (Å²) >= 11 is 0. The average Bonchev–Trinajstić information content (AvgIpc) is 2.78. The maximum absolute atomic E-state index is 12.3. The lowest BCUT2D eigenvalue weighted by Crippen LogP contribution is -2.38. The molecule has 0 saturated carbocycles. The Morgan fingerprint density at radius 3 is 2.70 bits per heavy atom. The first-order chi connectivity index (χ1) is 9.58. The van der Waals surface area contributed by atoms with Crippen LogP contribution in [0.25, 0.3) is 0 Å². The zero-order chi connectivity index (χ0) is 14.5. The summed E-state index contributed by atoms with van der Waals surface area (Å²) in [6, 6.07) is 10.6. The Hall–Kier alpha value is -1.39. The first kappa shape index (κ1) is 15.0. The Morgan fingerprint density at radius 2 is 2.05 bits per heavy atom. The number of likely N-dealkylation sites (N-methyl/N-ethyl adjacent to an activating group) is 1. The number of rotatable bonds is 6. The fourth-order valence-electron chi connectivity index (χ4n) is 2.34. The van der Waals surface area contributed by atoms with Crippen LogP contribution in [0.15, 0.2) is 30.3 Å². The molecule has 1 aromatic carbocycles. The molecule has 1 unspecified atom stereocenters.